The van der Waals surface area contributed by atoms with Crippen LogP contribution in [0.4, 0.5) is 13.2 Å². The van der Waals surface area contributed by atoms with Crippen LogP contribution in [0.2, 0.25) is 0 Å². The molecule has 0 atom stereocenters. The maximum absolute atomic E-state index is 13.4. The lowest BCUT2D eigenvalue weighted by Gasteiger charge is -2.11. The standard InChI is InChI=1S/C24H22FN3O.C23H20FN3O2.C23H19N3O2.C12H14FN3.C12H10O2.4C2H6.CH4/c1-17-8-9-19-5-3-7-22(23(19)12-17)24(29)27-11-10-21-14-26-16-28(21)15-18-4-2-6-20(25)13-18;24-18-5-1-3-16(11-18)14-27-15-25-13-19(27)9-10-26-23(29)21-6-2-4-17-7-8-20(28)12-22(17)21;27-23-21-6-2-4-17-7-8-20(12-22(17)21)28-19-5-1-3-16(11-19)14-26-15-24-13-18(26)9-10-25-23;13-11-3-1-2-10(6-11)8-16-9-15-7-12(16)4-5-14;1-8-5-6-9-3-2-4-10(12(13)14)11(9)7-8;4*1-2;/h2-9,12-14,16H,10-11,15H2,1H3,(H,27,29);1-8,11-13,15,28H,9-10,14H2,(H,26,29);1-8,11-13,15H,9-10,14H2,(H,25,27);1-3,6-7,9H,4-5,8,14H2;2-7H,1H3,(H,13,14);4*1-2H3;1H4. The molecule has 1 aliphatic rings. The monoisotopic (exact) mass is 1690 g/mol. The summed E-state index contributed by atoms with van der Waals surface area (Å²) in [5.74, 6) is -0.352. The number of aromatic nitrogens is 8. The number of amides is 3. The summed E-state index contributed by atoms with van der Waals surface area (Å²) >= 11 is 0. The van der Waals surface area contributed by atoms with Crippen molar-refractivity contribution in [2.45, 2.75) is 129 Å². The number of nitrogens with one attached hydrogen (secondary N) is 3. The van der Waals surface area contributed by atoms with Gasteiger partial charge in [-0.05, 0) is 183 Å². The highest BCUT2D eigenvalue weighted by Crippen LogP contribution is 2.31. The normalized spacial score (nSPS) is 10.9. The molecule has 7 N–H and O–H groups in total. The van der Waals surface area contributed by atoms with E-state index < -0.39 is 5.97 Å². The van der Waals surface area contributed by atoms with Gasteiger partial charge in [-0.2, -0.15) is 0 Å². The highest BCUT2D eigenvalue weighted by atomic mass is 19.1. The van der Waals surface area contributed by atoms with Crippen LogP contribution in [0.1, 0.15) is 160 Å². The van der Waals surface area contributed by atoms with Crippen molar-refractivity contribution >= 4 is 66.8 Å². The van der Waals surface area contributed by atoms with Gasteiger partial charge in [0.1, 0.15) is 34.7 Å². The Balaban J connectivity index is 0.000000194. The number of rotatable bonds is 17. The smallest absolute Gasteiger partial charge is 0.336 e. The minimum atomic E-state index is -0.874. The van der Waals surface area contributed by atoms with Crippen LogP contribution in [-0.4, -0.2) is 98.3 Å². The van der Waals surface area contributed by atoms with Gasteiger partial charge in [0.05, 0.1) is 30.9 Å². The number of phenols is 1. The molecule has 1 aliphatic heterocycles. The number of carboxylic acid groups (broad SMARTS) is 1. The number of hydrogen-bond donors (Lipinski definition) is 6. The van der Waals surface area contributed by atoms with Gasteiger partial charge >= 0.3 is 5.97 Å². The summed E-state index contributed by atoms with van der Waals surface area (Å²) in [6.07, 6.45) is 16.9. The van der Waals surface area contributed by atoms with Gasteiger partial charge in [0.15, 0.2) is 0 Å². The summed E-state index contributed by atoms with van der Waals surface area (Å²) in [4.78, 5) is 65.8. The highest BCUT2D eigenvalue weighted by Gasteiger charge is 2.17. The maximum Gasteiger partial charge on any atom is 0.336 e. The summed E-state index contributed by atoms with van der Waals surface area (Å²) in [6.45, 7) is 24.5. The maximum atomic E-state index is 13.4. The largest absolute Gasteiger partial charge is 0.508 e. The Morgan fingerprint density at radius 1 is 0.456 bits per heavy atom. The van der Waals surface area contributed by atoms with Crippen LogP contribution in [0.15, 0.2) is 293 Å². The minimum Gasteiger partial charge on any atom is -0.508 e. The molecule has 0 spiro atoms. The van der Waals surface area contributed by atoms with Crippen LogP contribution in [0.3, 0.4) is 0 Å². The fourth-order valence-electron chi connectivity index (χ4n) is 13.8. The Bertz CT molecular complexity index is 5970. The van der Waals surface area contributed by atoms with Gasteiger partial charge in [-0.25, -0.2) is 37.9 Å². The zero-order valence-electron chi connectivity index (χ0n) is 71.9. The summed E-state index contributed by atoms with van der Waals surface area (Å²) in [7, 11) is 0. The molecular formula is C103H113F3N12O7. The Morgan fingerprint density at radius 3 is 1.36 bits per heavy atom. The number of benzene rings is 12. The van der Waals surface area contributed by atoms with Gasteiger partial charge in [-0.3, -0.25) is 14.4 Å². The van der Waals surface area contributed by atoms with Crippen molar-refractivity contribution in [2.24, 2.45) is 5.73 Å². The molecule has 648 valence electrons. The molecular weight excluding hydrogens is 1570 g/mol. The van der Waals surface area contributed by atoms with Crippen LogP contribution < -0.4 is 26.4 Å². The third-order valence-electron chi connectivity index (χ3n) is 19.6. The molecule has 17 rings (SSSR count). The van der Waals surface area contributed by atoms with E-state index in [9.17, 15) is 37.5 Å². The van der Waals surface area contributed by atoms with Gasteiger partial charge < -0.3 is 54.9 Å². The number of halogens is 3. The van der Waals surface area contributed by atoms with E-state index in [2.05, 4.69) is 46.5 Å². The minimum absolute atomic E-state index is 0. The number of nitrogens with zero attached hydrogens (tertiary/aromatic N) is 8. The molecule has 22 heteroatoms. The number of aromatic hydroxyl groups is 1. The number of ether oxygens (including phenoxy) is 1. The van der Waals surface area contributed by atoms with E-state index in [0.29, 0.717) is 98.6 Å². The number of aromatic carboxylic acids is 1. The summed E-state index contributed by atoms with van der Waals surface area (Å²) < 4.78 is 53.9. The first-order valence-electron chi connectivity index (χ1n) is 41.9. The van der Waals surface area contributed by atoms with Crippen molar-refractivity contribution in [1.82, 2.24) is 54.2 Å². The van der Waals surface area contributed by atoms with Crippen molar-refractivity contribution < 1.29 is 47.3 Å². The first-order chi connectivity index (χ1) is 60.4. The van der Waals surface area contributed by atoms with E-state index in [1.54, 1.807) is 92.2 Å². The van der Waals surface area contributed by atoms with Crippen molar-refractivity contribution in [3.05, 3.63) is 389 Å². The molecule has 3 amide bonds. The first kappa shape index (κ1) is 96.2. The average Bonchev–Trinajstić information content (AvgIpc) is 1.56. The number of imidazole rings is 4. The fraction of sp³-hybridized carbons (Fsp3) is 0.223. The molecule has 4 aromatic heterocycles. The quantitative estimate of drug-likeness (QED) is 0.0498. The second-order valence-electron chi connectivity index (χ2n) is 28.0. The molecule has 4 bridgehead atoms. The highest BCUT2D eigenvalue weighted by molar-refractivity contribution is 6.09. The molecule has 0 fully saturated rings. The number of carboxylic acids is 1. The van der Waals surface area contributed by atoms with Gasteiger partial charge in [0.25, 0.3) is 17.7 Å². The Hall–Kier alpha value is -14.3. The molecule has 0 saturated heterocycles. The van der Waals surface area contributed by atoms with Gasteiger partial charge in [0, 0.05) is 136 Å². The Kier molecular flexibility index (Phi) is 38.2. The number of hydrogen-bond acceptors (Lipinski definition) is 11. The third kappa shape index (κ3) is 27.6. The fourth-order valence-corrected chi connectivity index (χ4v) is 13.8. The molecule has 0 aliphatic carbocycles. The topological polar surface area (TPSA) is 251 Å². The van der Waals surface area contributed by atoms with Crippen LogP contribution in [-0.2, 0) is 51.9 Å². The number of nitrogens with two attached hydrogens (primary N) is 1. The van der Waals surface area contributed by atoms with Gasteiger partial charge in [0.2, 0.25) is 0 Å². The van der Waals surface area contributed by atoms with Crippen LogP contribution >= 0.6 is 0 Å². The summed E-state index contributed by atoms with van der Waals surface area (Å²) in [6, 6.07) is 72.7. The van der Waals surface area contributed by atoms with Crippen LogP contribution in [0.25, 0.3) is 43.1 Å². The van der Waals surface area contributed by atoms with E-state index >= 15 is 0 Å². The van der Waals surface area contributed by atoms with Crippen molar-refractivity contribution in [1.29, 1.82) is 0 Å². The second-order valence-corrected chi connectivity index (χ2v) is 28.0. The first-order valence-corrected chi connectivity index (χ1v) is 41.9. The summed E-state index contributed by atoms with van der Waals surface area (Å²) in [5.41, 5.74) is 17.8. The second kappa shape index (κ2) is 49.6. The zero-order valence-corrected chi connectivity index (χ0v) is 71.9. The van der Waals surface area contributed by atoms with Crippen LogP contribution in [0, 0.1) is 31.3 Å². The number of fused-ring (bicyclic) bond motifs is 7. The molecule has 0 radical (unpaired) electrons. The van der Waals surface area contributed by atoms with E-state index in [1.165, 1.54) is 36.4 Å². The number of phenolic OH excluding ortho intramolecular Hbond substituents is 1. The summed E-state index contributed by atoms with van der Waals surface area (Å²) in [5, 5.41) is 35.0. The molecule has 19 nitrogen and oxygen atoms in total. The number of aryl methyl sites for hydroxylation is 2. The number of carbonyl (C=O) groups is 4. The lowest BCUT2D eigenvalue weighted by molar-refractivity contribution is 0.0698. The van der Waals surface area contributed by atoms with Crippen LogP contribution in [0.5, 0.6) is 17.2 Å². The van der Waals surface area contributed by atoms with Gasteiger partial charge in [-0.1, -0.05) is 220 Å². The molecule has 0 saturated carbocycles. The molecule has 0 unspecified atom stereocenters. The molecule has 12 aromatic carbocycles. The van der Waals surface area contributed by atoms with Crippen molar-refractivity contribution in [3.8, 4) is 17.2 Å². The van der Waals surface area contributed by atoms with Crippen molar-refractivity contribution in [2.75, 3.05) is 26.2 Å². The predicted molar refractivity (Wildman–Crippen MR) is 498 cm³/mol. The van der Waals surface area contributed by atoms with E-state index in [4.69, 9.17) is 15.6 Å². The molecule has 16 aromatic rings. The van der Waals surface area contributed by atoms with Crippen molar-refractivity contribution in [3.63, 3.8) is 0 Å². The zero-order chi connectivity index (χ0) is 88.9. The average molecular weight is 1690 g/mol. The molecule has 125 heavy (non-hydrogen) atoms. The van der Waals surface area contributed by atoms with E-state index in [1.807, 2.05) is 241 Å². The lowest BCUT2D eigenvalue weighted by Crippen LogP contribution is -2.26. The van der Waals surface area contributed by atoms with Gasteiger partial charge in [-0.15, -0.1) is 0 Å². The Labute approximate surface area is 730 Å². The SMILES string of the molecule is C.CC.CC.CC.CC.Cc1ccc2cccc(C(=O)NCCc3cncn3Cc3cccc(F)c3)c2c1.Cc1ccc2cccc(C(=O)O)c2c1.NCCc1cncn1Cc1cccc(F)c1.O=C(NCCc1cncn1Cc1cccc(F)c1)c1cccc2ccc(O)cc12.O=C1NCCc2cncn2Cc2cccc(c2)Oc2ccc3cccc1c3c2. The van der Waals surface area contributed by atoms with E-state index in [-0.39, 0.29) is 48.3 Å². The predicted octanol–water partition coefficient (Wildman–Crippen LogP) is 21.7. The molecule has 5 heterocycles. The Morgan fingerprint density at radius 2 is 0.872 bits per heavy atom. The number of carbonyl (C=O) groups excluding carboxylic acids is 3. The third-order valence-corrected chi connectivity index (χ3v) is 19.6. The van der Waals surface area contributed by atoms with E-state index in [0.717, 1.165) is 112 Å². The lowest BCUT2D eigenvalue weighted by atomic mass is 10.0.